The van der Waals surface area contributed by atoms with Crippen LogP contribution in [0.2, 0.25) is 0 Å². The van der Waals surface area contributed by atoms with E-state index in [2.05, 4.69) is 26.1 Å². The molecule has 104 valence electrons. The maximum absolute atomic E-state index is 11.9. The molecule has 1 heterocycles. The topological polar surface area (TPSA) is 41.6 Å². The highest BCUT2D eigenvalue weighted by atomic mass is 16.6. The average Bonchev–Trinajstić information content (AvgIpc) is 2.58. The standard InChI is InChI=1S/C14H26N2O2/c1-13(2,3)15-11-9-7-16(8-10(9)11)12(17)18-14(4,5)6/h9-11,15H,7-8H2,1-6H3/t9-,10+,11?. The number of ether oxygens (including phenoxy) is 1. The van der Waals surface area contributed by atoms with Crippen molar-refractivity contribution in [2.75, 3.05) is 13.1 Å². The first-order chi connectivity index (χ1) is 8.07. The number of fused-ring (bicyclic) bond motifs is 1. The molecule has 0 aromatic carbocycles. The van der Waals surface area contributed by atoms with Gasteiger partial charge in [-0.1, -0.05) is 0 Å². The van der Waals surface area contributed by atoms with Crippen LogP contribution in [0.1, 0.15) is 41.5 Å². The first-order valence-electron chi connectivity index (χ1n) is 6.82. The fourth-order valence-electron chi connectivity index (χ4n) is 2.72. The van der Waals surface area contributed by atoms with Gasteiger partial charge in [0.15, 0.2) is 0 Å². The maximum Gasteiger partial charge on any atom is 0.410 e. The summed E-state index contributed by atoms with van der Waals surface area (Å²) in [5.41, 5.74) is -0.237. The van der Waals surface area contributed by atoms with Gasteiger partial charge in [0, 0.05) is 24.7 Å². The highest BCUT2D eigenvalue weighted by Crippen LogP contribution is 2.46. The molecule has 4 heteroatoms. The number of piperidine rings is 1. The molecule has 0 aromatic rings. The Morgan fingerprint density at radius 3 is 2.00 bits per heavy atom. The average molecular weight is 254 g/mol. The molecule has 0 spiro atoms. The Morgan fingerprint density at radius 2 is 1.61 bits per heavy atom. The molecule has 1 saturated carbocycles. The SMILES string of the molecule is CC(C)(C)NC1[C@H]2CN(C(=O)OC(C)(C)C)C[C@@H]12. The van der Waals surface area contributed by atoms with Crippen LogP contribution < -0.4 is 5.32 Å². The van der Waals surface area contributed by atoms with Crippen LogP contribution in [0, 0.1) is 11.8 Å². The van der Waals surface area contributed by atoms with E-state index in [1.807, 2.05) is 25.7 Å². The fraction of sp³-hybridized carbons (Fsp3) is 0.929. The molecule has 2 fully saturated rings. The summed E-state index contributed by atoms with van der Waals surface area (Å²) in [7, 11) is 0. The summed E-state index contributed by atoms with van der Waals surface area (Å²) in [6.07, 6.45) is -0.163. The number of rotatable bonds is 1. The van der Waals surface area contributed by atoms with Crippen LogP contribution >= 0.6 is 0 Å². The van der Waals surface area contributed by atoms with Gasteiger partial charge in [0.05, 0.1) is 0 Å². The van der Waals surface area contributed by atoms with Crippen molar-refractivity contribution in [2.24, 2.45) is 11.8 Å². The van der Waals surface area contributed by atoms with Crippen LogP contribution in [0.3, 0.4) is 0 Å². The van der Waals surface area contributed by atoms with E-state index in [0.717, 1.165) is 13.1 Å². The second-order valence-electron chi connectivity index (χ2n) is 7.63. The molecule has 2 aliphatic rings. The molecule has 0 radical (unpaired) electrons. The zero-order chi connectivity index (χ0) is 13.7. The summed E-state index contributed by atoms with van der Waals surface area (Å²) in [4.78, 5) is 13.8. The molecule has 0 aromatic heterocycles. The van der Waals surface area contributed by atoms with Gasteiger partial charge < -0.3 is 15.0 Å². The highest BCUT2D eigenvalue weighted by molar-refractivity contribution is 5.69. The van der Waals surface area contributed by atoms with Crippen molar-refractivity contribution in [3.63, 3.8) is 0 Å². The van der Waals surface area contributed by atoms with Gasteiger partial charge in [-0.3, -0.25) is 0 Å². The molecule has 3 atom stereocenters. The first-order valence-corrected chi connectivity index (χ1v) is 6.82. The molecular weight excluding hydrogens is 228 g/mol. The second kappa shape index (κ2) is 4.12. The number of likely N-dealkylation sites (tertiary alicyclic amines) is 1. The molecule has 18 heavy (non-hydrogen) atoms. The Hall–Kier alpha value is -0.770. The number of hydrogen-bond donors (Lipinski definition) is 1. The molecule has 1 unspecified atom stereocenters. The van der Waals surface area contributed by atoms with E-state index in [9.17, 15) is 4.79 Å². The third-order valence-electron chi connectivity index (χ3n) is 3.45. The van der Waals surface area contributed by atoms with E-state index in [-0.39, 0.29) is 11.6 Å². The quantitative estimate of drug-likeness (QED) is 0.780. The Labute approximate surface area is 110 Å². The van der Waals surface area contributed by atoms with Crippen molar-refractivity contribution < 1.29 is 9.53 Å². The molecular formula is C14H26N2O2. The summed E-state index contributed by atoms with van der Waals surface area (Å²) in [6, 6.07) is 0.587. The Balaban J connectivity index is 1.79. The Morgan fingerprint density at radius 1 is 1.11 bits per heavy atom. The molecule has 1 saturated heterocycles. The molecule has 1 aliphatic carbocycles. The maximum atomic E-state index is 11.9. The predicted octanol–water partition coefficient (Wildman–Crippen LogP) is 2.24. The number of amides is 1. The molecule has 1 aliphatic heterocycles. The monoisotopic (exact) mass is 254 g/mol. The minimum atomic E-state index is -0.396. The van der Waals surface area contributed by atoms with Gasteiger partial charge in [-0.2, -0.15) is 0 Å². The number of carbonyl (C=O) groups is 1. The lowest BCUT2D eigenvalue weighted by molar-refractivity contribution is 0.0268. The lowest BCUT2D eigenvalue weighted by atomic mass is 10.1. The van der Waals surface area contributed by atoms with Crippen molar-refractivity contribution in [2.45, 2.75) is 58.7 Å². The Kier molecular flexibility index (Phi) is 3.13. The van der Waals surface area contributed by atoms with Crippen molar-refractivity contribution in [3.8, 4) is 0 Å². The first kappa shape index (κ1) is 13.7. The van der Waals surface area contributed by atoms with E-state index in [1.165, 1.54) is 0 Å². The smallest absolute Gasteiger partial charge is 0.410 e. The summed E-state index contributed by atoms with van der Waals surface area (Å²) in [5, 5.41) is 3.62. The van der Waals surface area contributed by atoms with Gasteiger partial charge in [0.2, 0.25) is 0 Å². The molecule has 1 N–H and O–H groups in total. The van der Waals surface area contributed by atoms with E-state index in [4.69, 9.17) is 4.74 Å². The van der Waals surface area contributed by atoms with Crippen LogP contribution in [-0.4, -0.2) is 41.3 Å². The number of nitrogens with zero attached hydrogens (tertiary/aromatic N) is 1. The van der Waals surface area contributed by atoms with E-state index < -0.39 is 5.60 Å². The van der Waals surface area contributed by atoms with Crippen LogP contribution in [-0.2, 0) is 4.74 Å². The van der Waals surface area contributed by atoms with Crippen LogP contribution in [0.15, 0.2) is 0 Å². The lowest BCUT2D eigenvalue weighted by Crippen LogP contribution is -2.43. The number of carbonyl (C=O) groups excluding carboxylic acids is 1. The van der Waals surface area contributed by atoms with Crippen molar-refractivity contribution in [1.29, 1.82) is 0 Å². The van der Waals surface area contributed by atoms with Crippen molar-refractivity contribution in [3.05, 3.63) is 0 Å². The van der Waals surface area contributed by atoms with Gasteiger partial charge in [0.1, 0.15) is 5.60 Å². The number of nitrogens with one attached hydrogen (secondary N) is 1. The zero-order valence-corrected chi connectivity index (χ0v) is 12.4. The molecule has 4 nitrogen and oxygen atoms in total. The van der Waals surface area contributed by atoms with Crippen molar-refractivity contribution >= 4 is 6.09 Å². The van der Waals surface area contributed by atoms with Gasteiger partial charge >= 0.3 is 6.09 Å². The summed E-state index contributed by atoms with van der Waals surface area (Å²) in [6.45, 7) is 14.0. The Bertz CT molecular complexity index is 329. The van der Waals surface area contributed by atoms with Crippen LogP contribution in [0.25, 0.3) is 0 Å². The molecule has 2 rings (SSSR count). The summed E-state index contributed by atoms with van der Waals surface area (Å²) >= 11 is 0. The third kappa shape index (κ3) is 3.16. The van der Waals surface area contributed by atoms with Gasteiger partial charge in [-0.15, -0.1) is 0 Å². The van der Waals surface area contributed by atoms with Gasteiger partial charge in [-0.05, 0) is 53.4 Å². The predicted molar refractivity (Wildman–Crippen MR) is 71.5 cm³/mol. The fourth-order valence-corrected chi connectivity index (χ4v) is 2.72. The minimum absolute atomic E-state index is 0.158. The van der Waals surface area contributed by atoms with Crippen LogP contribution in [0.5, 0.6) is 0 Å². The third-order valence-corrected chi connectivity index (χ3v) is 3.45. The van der Waals surface area contributed by atoms with E-state index in [0.29, 0.717) is 17.9 Å². The minimum Gasteiger partial charge on any atom is -0.444 e. The normalized spacial score (nSPS) is 31.2. The zero-order valence-electron chi connectivity index (χ0n) is 12.4. The largest absolute Gasteiger partial charge is 0.444 e. The highest BCUT2D eigenvalue weighted by Gasteiger charge is 2.57. The molecule has 1 amide bonds. The van der Waals surface area contributed by atoms with Crippen LogP contribution in [0.4, 0.5) is 4.79 Å². The lowest BCUT2D eigenvalue weighted by Gasteiger charge is -2.27. The second-order valence-corrected chi connectivity index (χ2v) is 7.63. The summed E-state index contributed by atoms with van der Waals surface area (Å²) in [5.74, 6) is 1.24. The molecule has 0 bridgehead atoms. The van der Waals surface area contributed by atoms with E-state index >= 15 is 0 Å². The summed E-state index contributed by atoms with van der Waals surface area (Å²) < 4.78 is 5.39. The number of hydrogen-bond acceptors (Lipinski definition) is 3. The van der Waals surface area contributed by atoms with Gasteiger partial charge in [0.25, 0.3) is 0 Å². The van der Waals surface area contributed by atoms with Crippen molar-refractivity contribution in [1.82, 2.24) is 10.2 Å². The van der Waals surface area contributed by atoms with E-state index in [1.54, 1.807) is 0 Å². The van der Waals surface area contributed by atoms with Gasteiger partial charge in [-0.25, -0.2) is 4.79 Å².